The highest BCUT2D eigenvalue weighted by atomic mass is 35.5. The Morgan fingerprint density at radius 1 is 1.33 bits per heavy atom. The average molecular weight is 243 g/mol. The quantitative estimate of drug-likeness (QED) is 0.883. The van der Waals surface area contributed by atoms with Gasteiger partial charge in [0.25, 0.3) is 0 Å². The summed E-state index contributed by atoms with van der Waals surface area (Å²) in [7, 11) is 0. The summed E-state index contributed by atoms with van der Waals surface area (Å²) in [6.45, 7) is 4.24. The normalized spacial score (nSPS) is 11.1. The number of nitriles is 1. The van der Waals surface area contributed by atoms with Gasteiger partial charge in [0.1, 0.15) is 5.54 Å². The van der Waals surface area contributed by atoms with Crippen molar-refractivity contribution in [3.05, 3.63) is 33.8 Å². The third-order valence-electron chi connectivity index (χ3n) is 2.00. The van der Waals surface area contributed by atoms with Gasteiger partial charge < -0.3 is 0 Å². The van der Waals surface area contributed by atoms with E-state index in [1.54, 1.807) is 12.1 Å². The molecular formula is C11H12Cl2N2. The minimum atomic E-state index is -0.536. The van der Waals surface area contributed by atoms with Gasteiger partial charge in [-0.25, -0.2) is 0 Å². The minimum Gasteiger partial charge on any atom is -0.296 e. The topological polar surface area (TPSA) is 35.8 Å². The maximum absolute atomic E-state index is 8.81. The van der Waals surface area contributed by atoms with E-state index >= 15 is 0 Å². The van der Waals surface area contributed by atoms with Crippen molar-refractivity contribution in [3.63, 3.8) is 0 Å². The van der Waals surface area contributed by atoms with Gasteiger partial charge in [0.2, 0.25) is 0 Å². The van der Waals surface area contributed by atoms with Crippen molar-refractivity contribution in [2.45, 2.75) is 25.9 Å². The molecule has 0 aliphatic rings. The van der Waals surface area contributed by atoms with Crippen molar-refractivity contribution < 1.29 is 0 Å². The highest BCUT2D eigenvalue weighted by Gasteiger charge is 2.14. The minimum absolute atomic E-state index is 0.533. The van der Waals surface area contributed by atoms with Crippen LogP contribution in [0.15, 0.2) is 18.2 Å². The molecule has 0 heterocycles. The Bertz CT molecular complexity index is 394. The van der Waals surface area contributed by atoms with Crippen LogP contribution in [0.3, 0.4) is 0 Å². The van der Waals surface area contributed by atoms with Gasteiger partial charge in [0, 0.05) is 6.54 Å². The first-order valence-electron chi connectivity index (χ1n) is 4.55. The van der Waals surface area contributed by atoms with Crippen LogP contribution in [0.5, 0.6) is 0 Å². The van der Waals surface area contributed by atoms with Crippen molar-refractivity contribution >= 4 is 23.2 Å². The molecule has 1 rings (SSSR count). The molecule has 0 spiro atoms. The number of rotatable bonds is 3. The molecule has 0 fully saturated rings. The summed E-state index contributed by atoms with van der Waals surface area (Å²) in [6, 6.07) is 7.60. The SMILES string of the molecule is CC(C)(C#N)NCc1ccc(Cl)c(Cl)c1. The first kappa shape index (κ1) is 12.3. The summed E-state index contributed by atoms with van der Waals surface area (Å²) < 4.78 is 0. The molecule has 0 atom stereocenters. The Morgan fingerprint density at radius 3 is 2.53 bits per heavy atom. The molecule has 1 aromatic rings. The second-order valence-corrected chi connectivity index (χ2v) is 4.65. The average Bonchev–Trinajstić information content (AvgIpc) is 2.20. The number of hydrogen-bond donors (Lipinski definition) is 1. The summed E-state index contributed by atoms with van der Waals surface area (Å²) >= 11 is 11.7. The van der Waals surface area contributed by atoms with Gasteiger partial charge in [-0.05, 0) is 31.5 Å². The molecule has 0 bridgehead atoms. The number of nitrogens with zero attached hydrogens (tertiary/aromatic N) is 1. The Morgan fingerprint density at radius 2 is 2.00 bits per heavy atom. The third kappa shape index (κ3) is 3.71. The summed E-state index contributed by atoms with van der Waals surface area (Å²) in [5, 5.41) is 13.0. The third-order valence-corrected chi connectivity index (χ3v) is 2.74. The van der Waals surface area contributed by atoms with Crippen molar-refractivity contribution in [2.75, 3.05) is 0 Å². The van der Waals surface area contributed by atoms with E-state index in [0.717, 1.165) is 5.56 Å². The van der Waals surface area contributed by atoms with Crippen LogP contribution in [0, 0.1) is 11.3 Å². The largest absolute Gasteiger partial charge is 0.296 e. The first-order valence-corrected chi connectivity index (χ1v) is 5.30. The maximum atomic E-state index is 8.81. The van der Waals surface area contributed by atoms with Crippen LogP contribution < -0.4 is 5.32 Å². The number of nitrogens with one attached hydrogen (secondary N) is 1. The highest BCUT2D eigenvalue weighted by molar-refractivity contribution is 6.42. The predicted molar refractivity (Wildman–Crippen MR) is 63.0 cm³/mol. The van der Waals surface area contributed by atoms with Crippen LogP contribution in [0.25, 0.3) is 0 Å². The van der Waals surface area contributed by atoms with Gasteiger partial charge in [0.05, 0.1) is 16.1 Å². The maximum Gasteiger partial charge on any atom is 0.101 e. The van der Waals surface area contributed by atoms with Crippen molar-refractivity contribution in [3.8, 4) is 6.07 Å². The van der Waals surface area contributed by atoms with Crippen LogP contribution in [0.1, 0.15) is 19.4 Å². The van der Waals surface area contributed by atoms with E-state index < -0.39 is 5.54 Å². The Balaban J connectivity index is 2.67. The van der Waals surface area contributed by atoms with E-state index in [9.17, 15) is 0 Å². The molecule has 15 heavy (non-hydrogen) atoms. The fourth-order valence-electron chi connectivity index (χ4n) is 1.01. The van der Waals surface area contributed by atoms with Gasteiger partial charge in [-0.1, -0.05) is 29.3 Å². The Kier molecular flexibility index (Phi) is 3.98. The van der Waals surface area contributed by atoms with E-state index in [-0.39, 0.29) is 0 Å². The lowest BCUT2D eigenvalue weighted by atomic mass is 10.1. The fourth-order valence-corrected chi connectivity index (χ4v) is 1.33. The second kappa shape index (κ2) is 4.85. The number of hydrogen-bond acceptors (Lipinski definition) is 2. The summed E-state index contributed by atoms with van der Waals surface area (Å²) in [5.41, 5.74) is 0.472. The molecule has 1 N–H and O–H groups in total. The predicted octanol–water partition coefficient (Wildman–Crippen LogP) is 3.39. The standard InChI is InChI=1S/C11H12Cl2N2/c1-11(2,7-14)15-6-8-3-4-9(12)10(13)5-8/h3-5,15H,6H2,1-2H3. The zero-order valence-electron chi connectivity index (χ0n) is 8.64. The van der Waals surface area contributed by atoms with Gasteiger partial charge in [0.15, 0.2) is 0 Å². The number of halogens is 2. The molecule has 0 amide bonds. The van der Waals surface area contributed by atoms with Gasteiger partial charge in [-0.15, -0.1) is 0 Å². The Labute approximate surface area is 99.8 Å². The molecule has 0 saturated heterocycles. The molecule has 0 saturated carbocycles. The van der Waals surface area contributed by atoms with Gasteiger partial charge in [-0.3, -0.25) is 5.32 Å². The number of benzene rings is 1. The lowest BCUT2D eigenvalue weighted by Crippen LogP contribution is -2.36. The van der Waals surface area contributed by atoms with E-state index in [0.29, 0.717) is 16.6 Å². The summed E-state index contributed by atoms with van der Waals surface area (Å²) in [4.78, 5) is 0. The van der Waals surface area contributed by atoms with Crippen LogP contribution >= 0.6 is 23.2 Å². The van der Waals surface area contributed by atoms with E-state index in [1.165, 1.54) is 0 Å². The molecule has 0 radical (unpaired) electrons. The van der Waals surface area contributed by atoms with E-state index in [4.69, 9.17) is 28.5 Å². The van der Waals surface area contributed by atoms with Crippen LogP contribution in [0.2, 0.25) is 10.0 Å². The lowest BCUT2D eigenvalue weighted by molar-refractivity contribution is 0.485. The molecule has 2 nitrogen and oxygen atoms in total. The zero-order chi connectivity index (χ0) is 11.5. The van der Waals surface area contributed by atoms with Crippen molar-refractivity contribution in [1.82, 2.24) is 5.32 Å². The molecule has 1 aromatic carbocycles. The highest BCUT2D eigenvalue weighted by Crippen LogP contribution is 2.22. The molecule has 0 aliphatic heterocycles. The summed E-state index contributed by atoms with van der Waals surface area (Å²) in [6.07, 6.45) is 0. The van der Waals surface area contributed by atoms with Gasteiger partial charge >= 0.3 is 0 Å². The first-order chi connectivity index (χ1) is 6.94. The van der Waals surface area contributed by atoms with Crippen molar-refractivity contribution in [2.24, 2.45) is 0 Å². The monoisotopic (exact) mass is 242 g/mol. The smallest absolute Gasteiger partial charge is 0.101 e. The molecule has 0 aromatic heterocycles. The fraction of sp³-hybridized carbons (Fsp3) is 0.364. The molecule has 0 aliphatic carbocycles. The van der Waals surface area contributed by atoms with Crippen LogP contribution in [-0.4, -0.2) is 5.54 Å². The Hall–Kier alpha value is -0.750. The molecular weight excluding hydrogens is 231 g/mol. The van der Waals surface area contributed by atoms with Gasteiger partial charge in [-0.2, -0.15) is 5.26 Å². The molecule has 80 valence electrons. The molecule has 0 unspecified atom stereocenters. The van der Waals surface area contributed by atoms with Crippen LogP contribution in [0.4, 0.5) is 0 Å². The zero-order valence-corrected chi connectivity index (χ0v) is 10.2. The second-order valence-electron chi connectivity index (χ2n) is 3.84. The van der Waals surface area contributed by atoms with Crippen molar-refractivity contribution in [1.29, 1.82) is 5.26 Å². The van der Waals surface area contributed by atoms with E-state index in [2.05, 4.69) is 11.4 Å². The van der Waals surface area contributed by atoms with E-state index in [1.807, 2.05) is 19.9 Å². The summed E-state index contributed by atoms with van der Waals surface area (Å²) in [5.74, 6) is 0. The van der Waals surface area contributed by atoms with Crippen LogP contribution in [-0.2, 0) is 6.54 Å². The molecule has 4 heteroatoms. The lowest BCUT2D eigenvalue weighted by Gasteiger charge is -2.17.